The predicted octanol–water partition coefficient (Wildman–Crippen LogP) is 4.77. The van der Waals surface area contributed by atoms with Gasteiger partial charge >= 0.3 is 0 Å². The zero-order chi connectivity index (χ0) is 19.9. The number of aromatic hydroxyl groups is 1. The molecular weight excluding hydrogens is 330 g/mol. The van der Waals surface area contributed by atoms with E-state index in [0.717, 1.165) is 0 Å². The number of hydrogen-bond donors (Lipinski definition) is 2. The summed E-state index contributed by atoms with van der Waals surface area (Å²) < 4.78 is 1.54. The van der Waals surface area contributed by atoms with Crippen molar-refractivity contribution >= 4 is 11.5 Å². The monoisotopic (exact) mass is 357 g/mol. The first-order valence-corrected chi connectivity index (χ1v) is 8.61. The summed E-state index contributed by atoms with van der Waals surface area (Å²) in [6.45, 7) is 15.7. The highest BCUT2D eigenvalue weighted by Gasteiger charge is 2.31. The fraction of sp³-hybridized carbons (Fsp3) is 0.611. The van der Waals surface area contributed by atoms with Crippen LogP contribution >= 0.6 is 0 Å². The summed E-state index contributed by atoms with van der Waals surface area (Å²) in [5.41, 5.74) is 1.20. The summed E-state index contributed by atoms with van der Waals surface area (Å²) in [6.07, 6.45) is 0. The lowest BCUT2D eigenvalue weighted by molar-refractivity contribution is 0.292. The predicted molar refractivity (Wildman–Crippen MR) is 99.2 cm³/mol. The number of azo groups is 1. The largest absolute Gasteiger partial charge is 0.492 e. The molecule has 0 bridgehead atoms. The summed E-state index contributed by atoms with van der Waals surface area (Å²) in [6, 6.07) is 2.12. The van der Waals surface area contributed by atoms with Crippen molar-refractivity contribution in [1.82, 2.24) is 20.0 Å². The van der Waals surface area contributed by atoms with Crippen LogP contribution in [0.4, 0.5) is 11.5 Å². The standard InChI is InChI=1S/C18H27N7O/c1-10(2)12-11(9-19)15(22-20-12)23-21-13-14(17(3,4)5)24-25(16(13)26)18(6,7)8/h10,26H,1-8H3,(H,20,22)/b23-21+. The van der Waals surface area contributed by atoms with Crippen LogP contribution in [0.1, 0.15) is 78.3 Å². The van der Waals surface area contributed by atoms with E-state index in [-0.39, 0.29) is 23.0 Å². The maximum atomic E-state index is 10.7. The van der Waals surface area contributed by atoms with Crippen molar-refractivity contribution in [2.24, 2.45) is 10.2 Å². The molecule has 2 heterocycles. The number of nitriles is 1. The van der Waals surface area contributed by atoms with Gasteiger partial charge in [0, 0.05) is 5.41 Å². The van der Waals surface area contributed by atoms with E-state index in [1.165, 1.54) is 0 Å². The highest BCUT2D eigenvalue weighted by Crippen LogP contribution is 2.41. The second-order valence-corrected chi connectivity index (χ2v) is 8.65. The molecule has 2 rings (SSSR count). The Morgan fingerprint density at radius 2 is 1.77 bits per heavy atom. The maximum Gasteiger partial charge on any atom is 0.238 e. The number of rotatable bonds is 3. The number of H-pyrrole nitrogens is 1. The van der Waals surface area contributed by atoms with Gasteiger partial charge in [0.05, 0.1) is 16.9 Å². The van der Waals surface area contributed by atoms with Crippen LogP contribution in [0.2, 0.25) is 0 Å². The Labute approximate surface area is 154 Å². The molecule has 0 aliphatic carbocycles. The Morgan fingerprint density at radius 3 is 2.23 bits per heavy atom. The molecule has 0 unspecified atom stereocenters. The quantitative estimate of drug-likeness (QED) is 0.769. The van der Waals surface area contributed by atoms with E-state index < -0.39 is 5.54 Å². The Hall–Kier alpha value is -2.69. The van der Waals surface area contributed by atoms with Gasteiger partial charge in [-0.25, -0.2) is 4.68 Å². The Morgan fingerprint density at radius 1 is 1.15 bits per heavy atom. The molecule has 8 nitrogen and oxygen atoms in total. The van der Waals surface area contributed by atoms with E-state index in [0.29, 0.717) is 22.6 Å². The van der Waals surface area contributed by atoms with E-state index in [9.17, 15) is 10.4 Å². The first-order chi connectivity index (χ1) is 11.9. The molecule has 140 valence electrons. The molecule has 0 aliphatic heterocycles. The summed E-state index contributed by atoms with van der Waals surface area (Å²) in [5, 5.41) is 39.9. The van der Waals surface area contributed by atoms with Crippen molar-refractivity contribution in [3.05, 3.63) is 17.0 Å². The van der Waals surface area contributed by atoms with Gasteiger partial charge in [-0.15, -0.1) is 10.2 Å². The minimum Gasteiger partial charge on any atom is -0.492 e. The van der Waals surface area contributed by atoms with Crippen molar-refractivity contribution < 1.29 is 5.11 Å². The molecule has 0 fully saturated rings. The second kappa shape index (κ2) is 6.56. The number of aromatic nitrogens is 4. The summed E-state index contributed by atoms with van der Waals surface area (Å²) in [5.74, 6) is 0.319. The van der Waals surface area contributed by atoms with E-state index in [2.05, 4.69) is 31.6 Å². The molecule has 0 saturated heterocycles. The fourth-order valence-corrected chi connectivity index (χ4v) is 2.51. The minimum absolute atomic E-state index is 0.0479. The average Bonchev–Trinajstić information content (AvgIpc) is 3.04. The van der Waals surface area contributed by atoms with Crippen LogP contribution in [0.3, 0.4) is 0 Å². The van der Waals surface area contributed by atoms with Gasteiger partial charge in [0.1, 0.15) is 11.6 Å². The molecule has 0 amide bonds. The Bertz CT molecular complexity index is 867. The third-order valence-corrected chi connectivity index (χ3v) is 3.87. The Kier molecular flexibility index (Phi) is 4.95. The second-order valence-electron chi connectivity index (χ2n) is 8.65. The molecule has 0 atom stereocenters. The molecule has 2 aromatic heterocycles. The van der Waals surface area contributed by atoms with Gasteiger partial charge in [0.25, 0.3) is 0 Å². The number of aromatic amines is 1. The molecule has 2 N–H and O–H groups in total. The van der Waals surface area contributed by atoms with Gasteiger partial charge in [-0.1, -0.05) is 34.6 Å². The zero-order valence-electron chi connectivity index (χ0n) is 16.7. The first kappa shape index (κ1) is 19.6. The van der Waals surface area contributed by atoms with Gasteiger partial charge in [-0.2, -0.15) is 15.5 Å². The van der Waals surface area contributed by atoms with Crippen LogP contribution in [0.15, 0.2) is 10.2 Å². The molecule has 8 heteroatoms. The lowest BCUT2D eigenvalue weighted by atomic mass is 9.91. The third kappa shape index (κ3) is 3.62. The molecule has 2 aromatic rings. The van der Waals surface area contributed by atoms with E-state index in [4.69, 9.17) is 0 Å². The van der Waals surface area contributed by atoms with Crippen LogP contribution in [0, 0.1) is 11.3 Å². The third-order valence-electron chi connectivity index (χ3n) is 3.87. The number of nitrogens with one attached hydrogen (secondary N) is 1. The number of hydrogen-bond acceptors (Lipinski definition) is 6. The van der Waals surface area contributed by atoms with Crippen LogP contribution < -0.4 is 0 Å². The fourth-order valence-electron chi connectivity index (χ4n) is 2.51. The number of nitrogens with zero attached hydrogens (tertiary/aromatic N) is 6. The van der Waals surface area contributed by atoms with E-state index >= 15 is 0 Å². The van der Waals surface area contributed by atoms with Crippen LogP contribution in [0.5, 0.6) is 5.88 Å². The van der Waals surface area contributed by atoms with Crippen molar-refractivity contribution in [3.63, 3.8) is 0 Å². The molecule has 0 aromatic carbocycles. The van der Waals surface area contributed by atoms with E-state index in [1.807, 2.05) is 55.4 Å². The van der Waals surface area contributed by atoms with Crippen molar-refractivity contribution in [2.45, 2.75) is 72.3 Å². The SMILES string of the molecule is CC(C)c1n[nH]c(/N=N/c2c(C(C)(C)C)nn(C(C)(C)C)c2O)c1C#N. The summed E-state index contributed by atoms with van der Waals surface area (Å²) in [4.78, 5) is 0. The Balaban J connectivity index is 2.58. The smallest absolute Gasteiger partial charge is 0.238 e. The molecule has 0 spiro atoms. The highest BCUT2D eigenvalue weighted by molar-refractivity contribution is 5.56. The van der Waals surface area contributed by atoms with Crippen molar-refractivity contribution in [3.8, 4) is 11.9 Å². The summed E-state index contributed by atoms with van der Waals surface area (Å²) >= 11 is 0. The van der Waals surface area contributed by atoms with Gasteiger partial charge in [0.15, 0.2) is 11.5 Å². The van der Waals surface area contributed by atoms with Gasteiger partial charge in [-0.3, -0.25) is 5.10 Å². The summed E-state index contributed by atoms with van der Waals surface area (Å²) in [7, 11) is 0. The lowest BCUT2D eigenvalue weighted by Gasteiger charge is -2.20. The highest BCUT2D eigenvalue weighted by atomic mass is 16.3. The van der Waals surface area contributed by atoms with Crippen molar-refractivity contribution in [1.29, 1.82) is 5.26 Å². The van der Waals surface area contributed by atoms with Crippen LogP contribution in [-0.4, -0.2) is 25.1 Å². The van der Waals surface area contributed by atoms with Gasteiger partial charge in [-0.05, 0) is 26.7 Å². The van der Waals surface area contributed by atoms with E-state index in [1.54, 1.807) is 4.68 Å². The molecule has 0 radical (unpaired) electrons. The van der Waals surface area contributed by atoms with Gasteiger partial charge in [0.2, 0.25) is 5.88 Å². The molecular formula is C18H27N7O. The molecule has 0 saturated carbocycles. The normalized spacial score (nSPS) is 12.9. The van der Waals surface area contributed by atoms with Gasteiger partial charge < -0.3 is 5.11 Å². The first-order valence-electron chi connectivity index (χ1n) is 8.61. The average molecular weight is 357 g/mol. The zero-order valence-corrected chi connectivity index (χ0v) is 16.7. The molecule has 0 aliphatic rings. The van der Waals surface area contributed by atoms with Crippen LogP contribution in [0.25, 0.3) is 0 Å². The minimum atomic E-state index is -0.408. The topological polar surface area (TPSA) is 115 Å². The lowest BCUT2D eigenvalue weighted by Crippen LogP contribution is -2.24. The maximum absolute atomic E-state index is 10.7. The molecule has 26 heavy (non-hydrogen) atoms. The van der Waals surface area contributed by atoms with Crippen LogP contribution in [-0.2, 0) is 11.0 Å². The van der Waals surface area contributed by atoms with Crippen molar-refractivity contribution in [2.75, 3.05) is 0 Å².